The monoisotopic (exact) mass is 458 g/mol. The van der Waals surface area contributed by atoms with Crippen molar-refractivity contribution < 1.29 is 13.2 Å². The minimum Gasteiger partial charge on any atom is -0.497 e. The van der Waals surface area contributed by atoms with Gasteiger partial charge in [-0.15, -0.1) is 10.2 Å². The summed E-state index contributed by atoms with van der Waals surface area (Å²) in [6, 6.07) is 11.5. The maximum Gasteiger partial charge on any atom is 0.210 e. The molecule has 0 atom stereocenters. The van der Waals surface area contributed by atoms with Crippen molar-refractivity contribution in [3.63, 3.8) is 0 Å². The third-order valence-electron chi connectivity index (χ3n) is 3.82. The lowest BCUT2D eigenvalue weighted by atomic mass is 10.2. The molecule has 1 aromatic heterocycles. The topological polar surface area (TPSA) is 100 Å². The molecule has 148 valence electrons. The van der Waals surface area contributed by atoms with E-state index in [1.807, 2.05) is 12.1 Å². The van der Waals surface area contributed by atoms with Gasteiger partial charge in [-0.2, -0.15) is 0 Å². The van der Waals surface area contributed by atoms with Gasteiger partial charge < -0.3 is 10.6 Å². The smallest absolute Gasteiger partial charge is 0.210 e. The van der Waals surface area contributed by atoms with Crippen molar-refractivity contribution in [1.29, 1.82) is 0 Å². The molecule has 0 spiro atoms. The minimum atomic E-state index is -3.60. The van der Waals surface area contributed by atoms with Crippen molar-refractivity contribution in [2.24, 2.45) is 0 Å². The van der Waals surface area contributed by atoms with Crippen molar-refractivity contribution >= 4 is 44.8 Å². The number of thioether (sulfide) groups is 1. The lowest BCUT2D eigenvalue weighted by Gasteiger charge is -2.07. The van der Waals surface area contributed by atoms with Gasteiger partial charge in [-0.25, -0.2) is 13.1 Å². The lowest BCUT2D eigenvalue weighted by molar-refractivity contribution is 0.415. The van der Waals surface area contributed by atoms with Crippen LogP contribution in [0.3, 0.4) is 0 Å². The van der Waals surface area contributed by atoms with Gasteiger partial charge in [0, 0.05) is 16.3 Å². The van der Waals surface area contributed by atoms with E-state index >= 15 is 0 Å². The van der Waals surface area contributed by atoms with Gasteiger partial charge in [-0.1, -0.05) is 35.0 Å². The maximum absolute atomic E-state index is 12.5. The van der Waals surface area contributed by atoms with Crippen molar-refractivity contribution in [3.05, 3.63) is 52.5 Å². The van der Waals surface area contributed by atoms with Crippen LogP contribution in [0.4, 0.5) is 0 Å². The molecule has 0 saturated carbocycles. The van der Waals surface area contributed by atoms with E-state index < -0.39 is 9.84 Å². The van der Waals surface area contributed by atoms with E-state index in [1.165, 1.54) is 34.6 Å². The number of sulfone groups is 1. The van der Waals surface area contributed by atoms with Crippen LogP contribution < -0.4 is 10.6 Å². The summed E-state index contributed by atoms with van der Waals surface area (Å²) in [6.07, 6.45) is 0. The first-order valence-corrected chi connectivity index (χ1v) is 11.4. The highest BCUT2D eigenvalue weighted by molar-refractivity contribution is 8.00. The van der Waals surface area contributed by atoms with Crippen LogP contribution in [0, 0.1) is 0 Å². The van der Waals surface area contributed by atoms with E-state index in [0.717, 1.165) is 5.56 Å². The third-order valence-corrected chi connectivity index (χ3v) is 7.45. The summed E-state index contributed by atoms with van der Waals surface area (Å²) in [6.45, 7) is 0. The number of nitrogens with zero attached hydrogens (tertiary/aromatic N) is 3. The number of nitrogen functional groups attached to an aromatic ring is 1. The standard InChI is InChI=1S/C17H16Cl2N4O3S2/c1-26-13-5-2-11(3-6-13)16-21-22-17(23(16)20)27-8-9-28(24,25)15-10-12(18)4-7-14(15)19/h2-7,10H,8-9,20H2,1H3. The number of halogens is 2. The summed E-state index contributed by atoms with van der Waals surface area (Å²) in [5, 5.41) is 8.96. The number of nitrogens with two attached hydrogens (primary N) is 1. The summed E-state index contributed by atoms with van der Waals surface area (Å²) in [5.41, 5.74) is 0.765. The number of aromatic nitrogens is 3. The zero-order valence-electron chi connectivity index (χ0n) is 14.7. The molecule has 0 fully saturated rings. The Balaban J connectivity index is 1.70. The highest BCUT2D eigenvalue weighted by atomic mass is 35.5. The molecule has 0 radical (unpaired) electrons. The molecule has 1 heterocycles. The van der Waals surface area contributed by atoms with Crippen LogP contribution >= 0.6 is 35.0 Å². The average molecular weight is 459 g/mol. The van der Waals surface area contributed by atoms with Crippen molar-refractivity contribution in [2.45, 2.75) is 10.1 Å². The number of methoxy groups -OCH3 is 1. The normalized spacial score (nSPS) is 11.5. The molecule has 0 amide bonds. The highest BCUT2D eigenvalue weighted by Gasteiger charge is 2.20. The van der Waals surface area contributed by atoms with Gasteiger partial charge >= 0.3 is 0 Å². The molecular weight excluding hydrogens is 443 g/mol. The molecule has 11 heteroatoms. The number of ether oxygens (including phenoxy) is 1. The molecule has 3 aromatic rings. The first-order valence-electron chi connectivity index (χ1n) is 7.97. The third kappa shape index (κ3) is 4.54. The fourth-order valence-electron chi connectivity index (χ4n) is 2.38. The van der Waals surface area contributed by atoms with E-state index in [2.05, 4.69) is 10.2 Å². The van der Waals surface area contributed by atoms with E-state index in [9.17, 15) is 8.42 Å². The largest absolute Gasteiger partial charge is 0.497 e. The van der Waals surface area contributed by atoms with Crippen molar-refractivity contribution in [2.75, 3.05) is 24.5 Å². The van der Waals surface area contributed by atoms with E-state index in [-0.39, 0.29) is 21.4 Å². The van der Waals surface area contributed by atoms with Gasteiger partial charge in [-0.05, 0) is 42.5 Å². The summed E-state index contributed by atoms with van der Waals surface area (Å²) >= 11 is 13.1. The van der Waals surface area contributed by atoms with Crippen LogP contribution in [0.25, 0.3) is 11.4 Å². The lowest BCUT2D eigenvalue weighted by Crippen LogP contribution is -2.13. The Bertz CT molecular complexity index is 1090. The number of rotatable bonds is 7. The maximum atomic E-state index is 12.5. The highest BCUT2D eigenvalue weighted by Crippen LogP contribution is 2.28. The van der Waals surface area contributed by atoms with Crippen LogP contribution in [0.5, 0.6) is 5.75 Å². The summed E-state index contributed by atoms with van der Waals surface area (Å²) < 4.78 is 31.5. The predicted octanol–water partition coefficient (Wildman–Crippen LogP) is 3.54. The van der Waals surface area contributed by atoms with Crippen LogP contribution in [0.2, 0.25) is 10.0 Å². The van der Waals surface area contributed by atoms with Gasteiger partial charge in [-0.3, -0.25) is 0 Å². The molecule has 3 rings (SSSR count). The summed E-state index contributed by atoms with van der Waals surface area (Å²) in [4.78, 5) is 0.00963. The van der Waals surface area contributed by atoms with E-state index in [1.54, 1.807) is 19.2 Å². The molecule has 0 unspecified atom stereocenters. The van der Waals surface area contributed by atoms with Gasteiger partial charge in [0.15, 0.2) is 15.7 Å². The zero-order valence-corrected chi connectivity index (χ0v) is 17.8. The van der Waals surface area contributed by atoms with Gasteiger partial charge in [0.2, 0.25) is 5.16 Å². The van der Waals surface area contributed by atoms with Crippen LogP contribution in [-0.2, 0) is 9.84 Å². The Labute approximate surface area is 176 Å². The fourth-order valence-corrected chi connectivity index (χ4v) is 5.70. The predicted molar refractivity (Wildman–Crippen MR) is 111 cm³/mol. The Morgan fingerprint density at radius 1 is 1.14 bits per heavy atom. The van der Waals surface area contributed by atoms with Crippen molar-refractivity contribution in [3.8, 4) is 17.1 Å². The second-order valence-electron chi connectivity index (χ2n) is 5.65. The molecule has 2 N–H and O–H groups in total. The summed E-state index contributed by atoms with van der Waals surface area (Å²) in [5.74, 6) is 7.32. The Morgan fingerprint density at radius 3 is 2.54 bits per heavy atom. The molecule has 28 heavy (non-hydrogen) atoms. The van der Waals surface area contributed by atoms with Gasteiger partial charge in [0.05, 0.1) is 22.8 Å². The molecule has 7 nitrogen and oxygen atoms in total. The molecular formula is C17H16Cl2N4O3S2. The summed E-state index contributed by atoms with van der Waals surface area (Å²) in [7, 11) is -2.02. The average Bonchev–Trinajstić information content (AvgIpc) is 3.04. The van der Waals surface area contributed by atoms with Gasteiger partial charge in [0.25, 0.3) is 0 Å². The SMILES string of the molecule is COc1ccc(-c2nnc(SCCS(=O)(=O)c3cc(Cl)ccc3Cl)n2N)cc1. The van der Waals surface area contributed by atoms with Gasteiger partial charge in [0.1, 0.15) is 5.75 Å². The molecule has 0 saturated heterocycles. The molecule has 0 aliphatic heterocycles. The van der Waals surface area contributed by atoms with Crippen LogP contribution in [0.1, 0.15) is 0 Å². The molecule has 0 bridgehead atoms. The number of hydrogen-bond acceptors (Lipinski definition) is 7. The Morgan fingerprint density at radius 2 is 1.86 bits per heavy atom. The second-order valence-corrected chi connectivity index (χ2v) is 9.63. The molecule has 0 aliphatic carbocycles. The van der Waals surface area contributed by atoms with E-state index in [4.69, 9.17) is 33.8 Å². The fraction of sp³-hybridized carbons (Fsp3) is 0.176. The Kier molecular flexibility index (Phi) is 6.39. The zero-order chi connectivity index (χ0) is 20.3. The number of hydrogen-bond donors (Lipinski definition) is 1. The first-order chi connectivity index (χ1) is 13.3. The quantitative estimate of drug-likeness (QED) is 0.426. The molecule has 0 aliphatic rings. The molecule has 2 aromatic carbocycles. The second kappa shape index (κ2) is 8.60. The Hall–Kier alpha value is -1.94. The van der Waals surface area contributed by atoms with Crippen LogP contribution in [-0.4, -0.2) is 41.9 Å². The van der Waals surface area contributed by atoms with E-state index in [0.29, 0.717) is 21.8 Å². The first kappa shape index (κ1) is 20.8. The van der Waals surface area contributed by atoms with Crippen LogP contribution in [0.15, 0.2) is 52.5 Å². The van der Waals surface area contributed by atoms with Crippen molar-refractivity contribution in [1.82, 2.24) is 14.9 Å². The minimum absolute atomic E-state index is 0.00963. The number of benzene rings is 2.